The van der Waals surface area contributed by atoms with Crippen LogP contribution in [0.2, 0.25) is 0 Å². The topological polar surface area (TPSA) is 113 Å². The van der Waals surface area contributed by atoms with Crippen molar-refractivity contribution < 1.29 is 34.4 Å². The molecule has 4 saturated carbocycles. The van der Waals surface area contributed by atoms with Crippen molar-refractivity contribution in [2.24, 2.45) is 34.0 Å². The first kappa shape index (κ1) is 19.7. The average molecular weight is 406 g/mol. The predicted molar refractivity (Wildman–Crippen MR) is 100 cm³/mol. The molecule has 5 rings (SSSR count). The number of fused-ring (bicyclic) bond motifs is 1. The van der Waals surface area contributed by atoms with E-state index in [2.05, 4.69) is 13.5 Å². The van der Waals surface area contributed by atoms with Crippen LogP contribution in [0, 0.1) is 34.0 Å². The number of ketones is 1. The Morgan fingerprint density at radius 2 is 1.97 bits per heavy atom. The Morgan fingerprint density at radius 3 is 2.66 bits per heavy atom. The van der Waals surface area contributed by atoms with E-state index in [0.717, 1.165) is 12.8 Å². The van der Waals surface area contributed by atoms with Crippen molar-refractivity contribution in [3.05, 3.63) is 12.2 Å². The standard InChI is InChI=1S/C22H30O7/c1-10-12-7-13(29-11(2)23)16-21-6-4-5-20(3,9-28-19(21)27)14(21)8-15(24)22(16,17(10)25)18(12)26/h12-16,18-19,24,26-27H,1,4-9H2,2-3H3/t12-,13-,14+,15+,16+,18+,19+,20-,21-,22+/m1/s1. The minimum absolute atomic E-state index is 0.0957. The van der Waals surface area contributed by atoms with E-state index in [1.54, 1.807) is 0 Å². The molecule has 29 heavy (non-hydrogen) atoms. The van der Waals surface area contributed by atoms with Gasteiger partial charge in [0, 0.05) is 24.2 Å². The van der Waals surface area contributed by atoms with E-state index < -0.39 is 53.2 Å². The molecule has 0 aromatic rings. The number of rotatable bonds is 1. The van der Waals surface area contributed by atoms with Crippen molar-refractivity contribution in [1.82, 2.24) is 0 Å². The van der Waals surface area contributed by atoms with E-state index in [4.69, 9.17) is 9.47 Å². The lowest BCUT2D eigenvalue weighted by molar-refractivity contribution is -0.357. The fourth-order valence-electron chi connectivity index (χ4n) is 8.21. The summed E-state index contributed by atoms with van der Waals surface area (Å²) in [6.45, 7) is 7.74. The molecule has 4 bridgehead atoms. The Hall–Kier alpha value is -1.28. The smallest absolute Gasteiger partial charge is 0.302 e. The van der Waals surface area contributed by atoms with E-state index in [1.807, 2.05) is 0 Å². The van der Waals surface area contributed by atoms with E-state index in [-0.39, 0.29) is 29.1 Å². The number of Topliss-reactive ketones (excluding diaryl/α,β-unsaturated/α-hetero) is 1. The molecule has 7 heteroatoms. The second-order valence-electron chi connectivity index (χ2n) is 10.3. The molecule has 1 saturated heterocycles. The third-order valence-electron chi connectivity index (χ3n) is 9.16. The number of carbonyl (C=O) groups excluding carboxylic acids is 2. The highest BCUT2D eigenvalue weighted by Crippen LogP contribution is 2.73. The van der Waals surface area contributed by atoms with Gasteiger partial charge in [0.25, 0.3) is 0 Å². The molecule has 0 unspecified atom stereocenters. The number of hydrogen-bond donors (Lipinski definition) is 3. The summed E-state index contributed by atoms with van der Waals surface area (Å²) in [5.41, 5.74) is -2.34. The normalized spacial score (nSPS) is 55.8. The van der Waals surface area contributed by atoms with Crippen LogP contribution in [0.5, 0.6) is 0 Å². The number of carbonyl (C=O) groups is 2. The third kappa shape index (κ3) is 2.07. The van der Waals surface area contributed by atoms with Crippen LogP contribution in [-0.2, 0) is 19.1 Å². The van der Waals surface area contributed by atoms with Crippen molar-refractivity contribution in [2.75, 3.05) is 6.61 Å². The first-order valence-corrected chi connectivity index (χ1v) is 10.7. The summed E-state index contributed by atoms with van der Waals surface area (Å²) in [6.07, 6.45) is -1.10. The molecule has 5 fully saturated rings. The van der Waals surface area contributed by atoms with Crippen LogP contribution < -0.4 is 0 Å². The molecule has 0 aromatic carbocycles. The zero-order valence-electron chi connectivity index (χ0n) is 17.0. The van der Waals surface area contributed by atoms with Gasteiger partial charge in [0.2, 0.25) is 0 Å². The van der Waals surface area contributed by atoms with E-state index in [0.29, 0.717) is 19.4 Å². The first-order chi connectivity index (χ1) is 13.6. The number of aliphatic hydroxyl groups excluding tert-OH is 3. The lowest BCUT2D eigenvalue weighted by atomic mass is 9.37. The fourth-order valence-corrected chi connectivity index (χ4v) is 8.21. The quantitative estimate of drug-likeness (QED) is 0.439. The second-order valence-corrected chi connectivity index (χ2v) is 10.3. The minimum Gasteiger partial charge on any atom is -0.462 e. The van der Waals surface area contributed by atoms with Crippen LogP contribution in [0.15, 0.2) is 12.2 Å². The molecule has 1 spiro atoms. The summed E-state index contributed by atoms with van der Waals surface area (Å²) in [5, 5.41) is 33.9. The van der Waals surface area contributed by atoms with E-state index >= 15 is 0 Å². The van der Waals surface area contributed by atoms with Gasteiger partial charge in [-0.2, -0.15) is 0 Å². The summed E-state index contributed by atoms with van der Waals surface area (Å²) in [7, 11) is 0. The van der Waals surface area contributed by atoms with Gasteiger partial charge in [-0.1, -0.05) is 19.9 Å². The van der Waals surface area contributed by atoms with Crippen LogP contribution in [0.25, 0.3) is 0 Å². The molecule has 4 aliphatic carbocycles. The maximum absolute atomic E-state index is 13.5. The maximum Gasteiger partial charge on any atom is 0.302 e. The Labute approximate surface area is 170 Å². The first-order valence-electron chi connectivity index (χ1n) is 10.7. The average Bonchev–Trinajstić information content (AvgIpc) is 2.76. The van der Waals surface area contributed by atoms with Gasteiger partial charge in [-0.05, 0) is 42.6 Å². The molecule has 0 aromatic heterocycles. The van der Waals surface area contributed by atoms with E-state index in [9.17, 15) is 24.9 Å². The number of esters is 1. The summed E-state index contributed by atoms with van der Waals surface area (Å²) in [5.74, 6) is -2.19. The van der Waals surface area contributed by atoms with Crippen LogP contribution in [0.4, 0.5) is 0 Å². The highest BCUT2D eigenvalue weighted by molar-refractivity contribution is 6.04. The zero-order chi connectivity index (χ0) is 20.9. The lowest BCUT2D eigenvalue weighted by Gasteiger charge is -2.70. The van der Waals surface area contributed by atoms with Crippen LogP contribution in [0.3, 0.4) is 0 Å². The fraction of sp³-hybridized carbons (Fsp3) is 0.818. The number of aliphatic hydroxyl groups is 3. The number of hydrogen-bond acceptors (Lipinski definition) is 7. The highest BCUT2D eigenvalue weighted by atomic mass is 16.6. The lowest BCUT2D eigenvalue weighted by Crippen LogP contribution is -2.75. The second kappa shape index (κ2) is 5.90. The monoisotopic (exact) mass is 406 g/mol. The molecule has 10 atom stereocenters. The molecular formula is C22H30O7. The summed E-state index contributed by atoms with van der Waals surface area (Å²) >= 11 is 0. The third-order valence-corrected chi connectivity index (χ3v) is 9.16. The Morgan fingerprint density at radius 1 is 1.24 bits per heavy atom. The van der Waals surface area contributed by atoms with Crippen molar-refractivity contribution >= 4 is 11.8 Å². The van der Waals surface area contributed by atoms with Gasteiger partial charge in [-0.15, -0.1) is 0 Å². The Bertz CT molecular complexity index is 794. The minimum atomic E-state index is -1.52. The van der Waals surface area contributed by atoms with Crippen molar-refractivity contribution in [2.45, 2.75) is 70.6 Å². The predicted octanol–water partition coefficient (Wildman–Crippen LogP) is 0.946. The van der Waals surface area contributed by atoms with Crippen molar-refractivity contribution in [3.63, 3.8) is 0 Å². The van der Waals surface area contributed by atoms with Crippen molar-refractivity contribution in [1.29, 1.82) is 0 Å². The zero-order valence-corrected chi connectivity index (χ0v) is 17.0. The largest absolute Gasteiger partial charge is 0.462 e. The van der Waals surface area contributed by atoms with Gasteiger partial charge in [-0.3, -0.25) is 9.59 Å². The molecular weight excluding hydrogens is 376 g/mol. The maximum atomic E-state index is 13.5. The van der Waals surface area contributed by atoms with Gasteiger partial charge < -0.3 is 24.8 Å². The van der Waals surface area contributed by atoms with Gasteiger partial charge in [0.15, 0.2) is 12.1 Å². The van der Waals surface area contributed by atoms with Gasteiger partial charge >= 0.3 is 5.97 Å². The van der Waals surface area contributed by atoms with Gasteiger partial charge in [-0.25, -0.2) is 0 Å². The Balaban J connectivity index is 1.76. The highest BCUT2D eigenvalue weighted by Gasteiger charge is 2.80. The van der Waals surface area contributed by atoms with Gasteiger partial charge in [0.05, 0.1) is 24.2 Å². The summed E-state index contributed by atoms with van der Waals surface area (Å²) < 4.78 is 11.6. The summed E-state index contributed by atoms with van der Waals surface area (Å²) in [6, 6.07) is 0. The molecule has 3 N–H and O–H groups in total. The SMILES string of the molecule is C=C1C(=O)[C@]23[C@@H](O)C[C@H]4[C@]5(C)CCC[C@]4([C@@H](O)OC5)[C@@H]2[C@H](OC(C)=O)C[C@H]1[C@@H]3O. The molecule has 0 radical (unpaired) electrons. The molecule has 7 nitrogen and oxygen atoms in total. The molecule has 160 valence electrons. The van der Waals surface area contributed by atoms with Crippen LogP contribution in [0.1, 0.15) is 46.0 Å². The van der Waals surface area contributed by atoms with Crippen molar-refractivity contribution in [3.8, 4) is 0 Å². The van der Waals surface area contributed by atoms with E-state index in [1.165, 1.54) is 6.92 Å². The molecule has 1 aliphatic heterocycles. The number of ether oxygens (including phenoxy) is 2. The molecule has 1 heterocycles. The Kier molecular flexibility index (Phi) is 4.00. The van der Waals surface area contributed by atoms with Crippen LogP contribution in [-0.4, -0.2) is 58.3 Å². The van der Waals surface area contributed by atoms with Crippen LogP contribution >= 0.6 is 0 Å². The molecule has 0 amide bonds. The van der Waals surface area contributed by atoms with Gasteiger partial charge in [0.1, 0.15) is 6.10 Å². The summed E-state index contributed by atoms with van der Waals surface area (Å²) in [4.78, 5) is 25.5. The molecule has 5 aliphatic rings.